The Labute approximate surface area is 229 Å². The molecule has 8 heteroatoms. The molecule has 4 unspecified atom stereocenters. The van der Waals surface area contributed by atoms with Crippen molar-refractivity contribution in [2.45, 2.75) is 137 Å². The molecule has 0 spiro atoms. The third-order valence-corrected chi connectivity index (χ3v) is 6.54. The number of carboxylic acids is 1. The van der Waals surface area contributed by atoms with Gasteiger partial charge in [-0.15, -0.1) is 0 Å². The molecule has 0 aromatic heterocycles. The SMILES string of the molecule is CCCCCC1C=CC(CCCCCCCCC(=O)OOC(C)(C)C)C(C(=O)O)C1C(=O)OOC(C)(C)C. The molecule has 0 bridgehead atoms. The van der Waals surface area contributed by atoms with Crippen molar-refractivity contribution in [1.29, 1.82) is 0 Å². The summed E-state index contributed by atoms with van der Waals surface area (Å²) in [6, 6.07) is 0. The van der Waals surface area contributed by atoms with Crippen molar-refractivity contribution in [3.05, 3.63) is 12.2 Å². The van der Waals surface area contributed by atoms with Gasteiger partial charge in [0.1, 0.15) is 11.2 Å². The predicted octanol–water partition coefficient (Wildman–Crippen LogP) is 7.35. The molecule has 0 aliphatic heterocycles. The Kier molecular flexibility index (Phi) is 15.2. The normalized spacial score (nSPS) is 21.8. The Balaban J connectivity index is 2.58. The summed E-state index contributed by atoms with van der Waals surface area (Å²) < 4.78 is 0. The van der Waals surface area contributed by atoms with Crippen molar-refractivity contribution in [3.63, 3.8) is 0 Å². The molecule has 4 atom stereocenters. The average molecular weight is 541 g/mol. The van der Waals surface area contributed by atoms with Gasteiger partial charge in [0.05, 0.1) is 11.8 Å². The largest absolute Gasteiger partial charge is 0.481 e. The second-order valence-electron chi connectivity index (χ2n) is 12.5. The number of carboxylic acid groups (broad SMARTS) is 1. The lowest BCUT2D eigenvalue weighted by atomic mass is 9.67. The van der Waals surface area contributed by atoms with Gasteiger partial charge in [-0.2, -0.15) is 9.78 Å². The molecule has 0 aromatic rings. The molecule has 1 aliphatic rings. The topological polar surface area (TPSA) is 108 Å². The van der Waals surface area contributed by atoms with E-state index in [2.05, 4.69) is 6.92 Å². The van der Waals surface area contributed by atoms with E-state index in [1.165, 1.54) is 0 Å². The third kappa shape index (κ3) is 14.3. The van der Waals surface area contributed by atoms with Crippen LogP contribution in [0.25, 0.3) is 0 Å². The minimum Gasteiger partial charge on any atom is -0.481 e. The van der Waals surface area contributed by atoms with Gasteiger partial charge >= 0.3 is 17.9 Å². The molecule has 1 N–H and O–H groups in total. The predicted molar refractivity (Wildman–Crippen MR) is 146 cm³/mol. The average Bonchev–Trinajstić information content (AvgIpc) is 2.82. The Morgan fingerprint density at radius 1 is 0.684 bits per heavy atom. The van der Waals surface area contributed by atoms with Crippen LogP contribution in [0, 0.1) is 23.7 Å². The van der Waals surface area contributed by atoms with Crippen LogP contribution in [0.4, 0.5) is 0 Å². The van der Waals surface area contributed by atoms with Gasteiger partial charge in [-0.3, -0.25) is 14.6 Å². The molecule has 0 fully saturated rings. The van der Waals surface area contributed by atoms with Gasteiger partial charge in [-0.25, -0.2) is 9.59 Å². The summed E-state index contributed by atoms with van der Waals surface area (Å²) in [6.45, 7) is 12.9. The zero-order chi connectivity index (χ0) is 28.8. The van der Waals surface area contributed by atoms with Crippen LogP contribution in [0.15, 0.2) is 12.2 Å². The quantitative estimate of drug-likeness (QED) is 0.0882. The van der Waals surface area contributed by atoms with Gasteiger partial charge in [-0.1, -0.05) is 70.4 Å². The minimum absolute atomic E-state index is 0.171. The fraction of sp³-hybridized carbons (Fsp3) is 0.833. The summed E-state index contributed by atoms with van der Waals surface area (Å²) in [5.41, 5.74) is -1.18. The Morgan fingerprint density at radius 2 is 1.16 bits per heavy atom. The second-order valence-corrected chi connectivity index (χ2v) is 12.5. The van der Waals surface area contributed by atoms with Crippen LogP contribution >= 0.6 is 0 Å². The maximum absolute atomic E-state index is 13.1. The van der Waals surface area contributed by atoms with Crippen LogP contribution in [-0.4, -0.2) is 34.2 Å². The molecule has 1 aliphatic carbocycles. The standard InChI is InChI=1S/C30H52O8/c1-8-9-14-17-23-21-20-22(25(27(32)33)26(23)28(34)36-38-30(5,6)7)18-15-12-10-11-13-16-19-24(31)35-37-29(2,3)4/h20-23,25-26H,8-19H2,1-7H3,(H,32,33). The van der Waals surface area contributed by atoms with Crippen LogP contribution in [0.2, 0.25) is 0 Å². The molecule has 0 radical (unpaired) electrons. The van der Waals surface area contributed by atoms with Crippen LogP contribution in [-0.2, 0) is 33.9 Å². The lowest BCUT2D eigenvalue weighted by molar-refractivity contribution is -0.325. The summed E-state index contributed by atoms with van der Waals surface area (Å²) in [6.07, 6.45) is 14.4. The van der Waals surface area contributed by atoms with E-state index in [4.69, 9.17) is 19.6 Å². The number of rotatable bonds is 17. The fourth-order valence-electron chi connectivity index (χ4n) is 4.69. The first kappa shape index (κ1) is 34.1. The van der Waals surface area contributed by atoms with Crippen molar-refractivity contribution < 1.29 is 39.0 Å². The van der Waals surface area contributed by atoms with Crippen molar-refractivity contribution in [2.75, 3.05) is 0 Å². The van der Waals surface area contributed by atoms with Gasteiger partial charge in [0.2, 0.25) is 0 Å². The summed E-state index contributed by atoms with van der Waals surface area (Å²) in [5, 5.41) is 10.1. The minimum atomic E-state index is -0.958. The molecule has 0 saturated heterocycles. The third-order valence-electron chi connectivity index (χ3n) is 6.54. The van der Waals surface area contributed by atoms with Gasteiger partial charge in [0.25, 0.3) is 0 Å². The Morgan fingerprint density at radius 3 is 1.68 bits per heavy atom. The van der Waals surface area contributed by atoms with E-state index in [0.717, 1.165) is 64.2 Å². The summed E-state index contributed by atoms with van der Waals surface area (Å²) in [5.74, 6) is -3.88. The monoisotopic (exact) mass is 540 g/mol. The smallest absolute Gasteiger partial charge is 0.346 e. The molecule has 8 nitrogen and oxygen atoms in total. The fourth-order valence-corrected chi connectivity index (χ4v) is 4.69. The van der Waals surface area contributed by atoms with E-state index in [-0.39, 0.29) is 17.8 Å². The lowest BCUT2D eigenvalue weighted by Crippen LogP contribution is -2.43. The van der Waals surface area contributed by atoms with Crippen LogP contribution in [0.3, 0.4) is 0 Å². The van der Waals surface area contributed by atoms with E-state index in [0.29, 0.717) is 12.8 Å². The van der Waals surface area contributed by atoms with E-state index in [1.807, 2.05) is 32.9 Å². The molecule has 0 aromatic carbocycles. The van der Waals surface area contributed by atoms with E-state index >= 15 is 0 Å². The highest BCUT2D eigenvalue weighted by atomic mass is 17.2. The van der Waals surface area contributed by atoms with Crippen LogP contribution < -0.4 is 0 Å². The summed E-state index contributed by atoms with van der Waals surface area (Å²) >= 11 is 0. The summed E-state index contributed by atoms with van der Waals surface area (Å²) in [4.78, 5) is 57.4. The summed E-state index contributed by atoms with van der Waals surface area (Å²) in [7, 11) is 0. The highest BCUT2D eigenvalue weighted by molar-refractivity contribution is 5.82. The Bertz CT molecular complexity index is 746. The highest BCUT2D eigenvalue weighted by Gasteiger charge is 2.46. The zero-order valence-electron chi connectivity index (χ0n) is 24.8. The second kappa shape index (κ2) is 16.9. The first-order valence-electron chi connectivity index (χ1n) is 14.4. The van der Waals surface area contributed by atoms with Gasteiger partial charge in [0.15, 0.2) is 0 Å². The first-order chi connectivity index (χ1) is 17.7. The molecule has 1 rings (SSSR count). The number of aliphatic carboxylic acids is 1. The number of carbonyl (C=O) groups is 3. The van der Waals surface area contributed by atoms with Crippen molar-refractivity contribution in [1.82, 2.24) is 0 Å². The number of allylic oxidation sites excluding steroid dienone is 2. The molecular weight excluding hydrogens is 488 g/mol. The molecule has 0 amide bonds. The maximum atomic E-state index is 13.1. The number of unbranched alkanes of at least 4 members (excludes halogenated alkanes) is 7. The molecular formula is C30H52O8. The first-order valence-corrected chi connectivity index (χ1v) is 14.4. The molecule has 38 heavy (non-hydrogen) atoms. The number of hydrogen-bond donors (Lipinski definition) is 1. The Hall–Kier alpha value is -1.93. The molecule has 0 heterocycles. The van der Waals surface area contributed by atoms with Crippen molar-refractivity contribution in [2.24, 2.45) is 23.7 Å². The highest BCUT2D eigenvalue weighted by Crippen LogP contribution is 2.40. The van der Waals surface area contributed by atoms with E-state index in [1.54, 1.807) is 20.8 Å². The van der Waals surface area contributed by atoms with Crippen LogP contribution in [0.1, 0.15) is 126 Å². The van der Waals surface area contributed by atoms with Crippen molar-refractivity contribution in [3.8, 4) is 0 Å². The van der Waals surface area contributed by atoms with Gasteiger partial charge in [0, 0.05) is 6.42 Å². The lowest BCUT2D eigenvalue weighted by Gasteiger charge is -2.36. The number of carbonyl (C=O) groups excluding carboxylic acids is 2. The number of hydrogen-bond acceptors (Lipinski definition) is 7. The van der Waals surface area contributed by atoms with Crippen LogP contribution in [0.5, 0.6) is 0 Å². The zero-order valence-corrected chi connectivity index (χ0v) is 24.8. The molecule has 0 saturated carbocycles. The molecule has 220 valence electrons. The maximum Gasteiger partial charge on any atom is 0.346 e. The van der Waals surface area contributed by atoms with Crippen molar-refractivity contribution >= 4 is 17.9 Å². The van der Waals surface area contributed by atoms with Gasteiger partial charge in [-0.05, 0) is 72.6 Å². The van der Waals surface area contributed by atoms with E-state index in [9.17, 15) is 19.5 Å². The van der Waals surface area contributed by atoms with Gasteiger partial charge < -0.3 is 5.11 Å². The van der Waals surface area contributed by atoms with E-state index < -0.39 is 35.0 Å².